The topological polar surface area (TPSA) is 101 Å². The van der Waals surface area contributed by atoms with Gasteiger partial charge in [-0.05, 0) is 32.9 Å². The van der Waals surface area contributed by atoms with Gasteiger partial charge in [-0.2, -0.15) is 4.72 Å². The number of amides is 1. The van der Waals surface area contributed by atoms with E-state index < -0.39 is 37.7 Å². The summed E-state index contributed by atoms with van der Waals surface area (Å²) >= 11 is 5.57. The molecule has 0 aliphatic rings. The fourth-order valence-electron chi connectivity index (χ4n) is 1.54. The number of carbonyl (C=O) groups is 1. The van der Waals surface area contributed by atoms with Gasteiger partial charge in [0.2, 0.25) is 15.9 Å². The molecular formula is C12H17ClFN3O3S. The van der Waals surface area contributed by atoms with Gasteiger partial charge in [-0.1, -0.05) is 11.6 Å². The number of benzene rings is 1. The molecule has 0 radical (unpaired) electrons. The first-order chi connectivity index (χ1) is 9.54. The van der Waals surface area contributed by atoms with Gasteiger partial charge in [0.15, 0.2) is 5.82 Å². The lowest BCUT2D eigenvalue weighted by atomic mass is 10.3. The van der Waals surface area contributed by atoms with Crippen LogP contribution in [0.15, 0.2) is 17.0 Å². The molecule has 21 heavy (non-hydrogen) atoms. The number of rotatable bonds is 5. The van der Waals surface area contributed by atoms with Gasteiger partial charge in [-0.25, -0.2) is 12.8 Å². The van der Waals surface area contributed by atoms with Crippen LogP contribution in [0.3, 0.4) is 0 Å². The van der Waals surface area contributed by atoms with Crippen LogP contribution >= 0.6 is 11.6 Å². The molecule has 0 aliphatic carbocycles. The van der Waals surface area contributed by atoms with E-state index in [0.29, 0.717) is 0 Å². The van der Waals surface area contributed by atoms with Crippen molar-refractivity contribution in [3.63, 3.8) is 0 Å². The zero-order chi connectivity index (χ0) is 16.4. The number of nitrogens with two attached hydrogens (primary N) is 1. The minimum Gasteiger partial charge on any atom is -0.399 e. The molecule has 0 bridgehead atoms. The third-order valence-electron chi connectivity index (χ3n) is 2.46. The molecular weight excluding hydrogens is 321 g/mol. The van der Waals surface area contributed by atoms with Crippen molar-refractivity contribution < 1.29 is 17.6 Å². The third kappa shape index (κ3) is 4.55. The van der Waals surface area contributed by atoms with Crippen LogP contribution in [0.2, 0.25) is 5.02 Å². The molecule has 0 saturated carbocycles. The first kappa shape index (κ1) is 17.7. The SMILES string of the molecule is CC(C)NC(=O)C(C)NS(=O)(=O)c1cc(N)cc(Cl)c1F. The molecule has 0 aromatic heterocycles. The van der Waals surface area contributed by atoms with Gasteiger partial charge in [0.1, 0.15) is 4.90 Å². The smallest absolute Gasteiger partial charge is 0.244 e. The van der Waals surface area contributed by atoms with E-state index in [1.807, 2.05) is 0 Å². The van der Waals surface area contributed by atoms with Crippen LogP contribution in [-0.4, -0.2) is 26.4 Å². The van der Waals surface area contributed by atoms with E-state index in [1.54, 1.807) is 13.8 Å². The summed E-state index contributed by atoms with van der Waals surface area (Å²) in [6.45, 7) is 4.81. The van der Waals surface area contributed by atoms with E-state index in [4.69, 9.17) is 17.3 Å². The summed E-state index contributed by atoms with van der Waals surface area (Å²) in [7, 11) is -4.27. The molecule has 4 N–H and O–H groups in total. The molecule has 0 fully saturated rings. The number of hydrogen-bond donors (Lipinski definition) is 3. The third-order valence-corrected chi connectivity index (χ3v) is 4.28. The lowest BCUT2D eigenvalue weighted by Gasteiger charge is -2.16. The van der Waals surface area contributed by atoms with E-state index >= 15 is 0 Å². The predicted molar refractivity (Wildman–Crippen MR) is 78.9 cm³/mol. The highest BCUT2D eigenvalue weighted by Gasteiger charge is 2.26. The Morgan fingerprint density at radius 2 is 1.90 bits per heavy atom. The van der Waals surface area contributed by atoms with Gasteiger partial charge >= 0.3 is 0 Å². The standard InChI is InChI=1S/C12H17ClFN3O3S/c1-6(2)16-12(18)7(3)17-21(19,20)10-5-8(15)4-9(13)11(10)14/h4-7,17H,15H2,1-3H3,(H,16,18). The maximum atomic E-state index is 13.8. The zero-order valence-corrected chi connectivity index (χ0v) is 13.3. The summed E-state index contributed by atoms with van der Waals surface area (Å²) in [6.07, 6.45) is 0. The van der Waals surface area contributed by atoms with Crippen LogP contribution in [-0.2, 0) is 14.8 Å². The molecule has 1 rings (SSSR count). The summed E-state index contributed by atoms with van der Waals surface area (Å²) in [5.41, 5.74) is 5.46. The maximum Gasteiger partial charge on any atom is 0.244 e. The normalized spacial score (nSPS) is 13.2. The number of carbonyl (C=O) groups excluding carboxylic acids is 1. The van der Waals surface area contributed by atoms with E-state index in [1.165, 1.54) is 6.92 Å². The quantitative estimate of drug-likeness (QED) is 0.704. The maximum absolute atomic E-state index is 13.8. The first-order valence-corrected chi connectivity index (χ1v) is 7.98. The highest BCUT2D eigenvalue weighted by Crippen LogP contribution is 2.25. The van der Waals surface area contributed by atoms with E-state index in [0.717, 1.165) is 12.1 Å². The average Bonchev–Trinajstić information content (AvgIpc) is 2.32. The Morgan fingerprint density at radius 1 is 1.33 bits per heavy atom. The van der Waals surface area contributed by atoms with Gasteiger partial charge in [-0.15, -0.1) is 0 Å². The van der Waals surface area contributed by atoms with Crippen molar-refractivity contribution >= 4 is 33.2 Å². The Morgan fingerprint density at radius 3 is 2.43 bits per heavy atom. The molecule has 1 aromatic carbocycles. The molecule has 0 spiro atoms. The average molecular weight is 338 g/mol. The molecule has 0 heterocycles. The Labute approximate surface area is 127 Å². The van der Waals surface area contributed by atoms with Crippen LogP contribution in [0.25, 0.3) is 0 Å². The van der Waals surface area contributed by atoms with Crippen molar-refractivity contribution in [2.45, 2.75) is 37.8 Å². The summed E-state index contributed by atoms with van der Waals surface area (Å²) < 4.78 is 40.1. The highest BCUT2D eigenvalue weighted by atomic mass is 35.5. The summed E-state index contributed by atoms with van der Waals surface area (Å²) in [5.74, 6) is -1.64. The van der Waals surface area contributed by atoms with Crippen LogP contribution < -0.4 is 15.8 Å². The Balaban J connectivity index is 3.05. The van der Waals surface area contributed by atoms with Gasteiger partial charge in [0.25, 0.3) is 0 Å². The van der Waals surface area contributed by atoms with Crippen molar-refractivity contribution in [3.8, 4) is 0 Å². The van der Waals surface area contributed by atoms with E-state index in [-0.39, 0.29) is 11.7 Å². The van der Waals surface area contributed by atoms with Gasteiger partial charge < -0.3 is 11.1 Å². The number of nitrogens with one attached hydrogen (secondary N) is 2. The second-order valence-corrected chi connectivity index (χ2v) is 6.91. The molecule has 1 aromatic rings. The lowest BCUT2D eigenvalue weighted by molar-refractivity contribution is -0.122. The largest absolute Gasteiger partial charge is 0.399 e. The van der Waals surface area contributed by atoms with Gasteiger partial charge in [0.05, 0.1) is 11.1 Å². The molecule has 6 nitrogen and oxygen atoms in total. The predicted octanol–water partition coefficient (Wildman–Crippen LogP) is 1.25. The molecule has 0 saturated heterocycles. The second-order valence-electron chi connectivity index (χ2n) is 4.82. The van der Waals surface area contributed by atoms with Crippen molar-refractivity contribution in [2.75, 3.05) is 5.73 Å². The van der Waals surface area contributed by atoms with Crippen LogP contribution in [0.5, 0.6) is 0 Å². The van der Waals surface area contributed by atoms with Crippen LogP contribution in [0.4, 0.5) is 10.1 Å². The molecule has 1 atom stereocenters. The monoisotopic (exact) mass is 337 g/mol. The van der Waals surface area contributed by atoms with Crippen molar-refractivity contribution in [1.82, 2.24) is 10.0 Å². The fraction of sp³-hybridized carbons (Fsp3) is 0.417. The summed E-state index contributed by atoms with van der Waals surface area (Å²) in [5, 5.41) is 2.14. The lowest BCUT2D eigenvalue weighted by Crippen LogP contribution is -2.46. The molecule has 118 valence electrons. The fourth-order valence-corrected chi connectivity index (χ4v) is 3.16. The second kappa shape index (κ2) is 6.59. The van der Waals surface area contributed by atoms with Crippen molar-refractivity contribution in [3.05, 3.63) is 23.0 Å². The van der Waals surface area contributed by atoms with Crippen LogP contribution in [0.1, 0.15) is 20.8 Å². The summed E-state index contributed by atoms with van der Waals surface area (Å²) in [4.78, 5) is 11.0. The number of sulfonamides is 1. The minimum atomic E-state index is -4.27. The number of anilines is 1. The Hall–Kier alpha value is -1.38. The Kier molecular flexibility index (Phi) is 5.54. The molecule has 1 amide bonds. The molecule has 9 heteroatoms. The number of hydrogen-bond acceptors (Lipinski definition) is 4. The van der Waals surface area contributed by atoms with Crippen molar-refractivity contribution in [1.29, 1.82) is 0 Å². The minimum absolute atomic E-state index is 0.000981. The van der Waals surface area contributed by atoms with Crippen LogP contribution in [0, 0.1) is 5.82 Å². The molecule has 0 aliphatic heterocycles. The van der Waals surface area contributed by atoms with Gasteiger partial charge in [0, 0.05) is 11.7 Å². The number of halogens is 2. The summed E-state index contributed by atoms with van der Waals surface area (Å²) in [6, 6.07) is 0.821. The first-order valence-electron chi connectivity index (χ1n) is 6.12. The molecule has 1 unspecified atom stereocenters. The highest BCUT2D eigenvalue weighted by molar-refractivity contribution is 7.89. The van der Waals surface area contributed by atoms with Gasteiger partial charge in [-0.3, -0.25) is 4.79 Å². The van der Waals surface area contributed by atoms with Crippen molar-refractivity contribution in [2.24, 2.45) is 0 Å². The Bertz CT molecular complexity index is 649. The van der Waals surface area contributed by atoms with E-state index in [2.05, 4.69) is 10.0 Å². The van der Waals surface area contributed by atoms with E-state index in [9.17, 15) is 17.6 Å². The zero-order valence-electron chi connectivity index (χ0n) is 11.8. The number of nitrogen functional groups attached to an aromatic ring is 1.